The predicted molar refractivity (Wildman–Crippen MR) is 108 cm³/mol. The number of para-hydroxylation sites is 1. The Balaban J connectivity index is 1.55. The van der Waals surface area contributed by atoms with Crippen LogP contribution in [0, 0.1) is 0 Å². The van der Waals surface area contributed by atoms with Gasteiger partial charge in [0, 0.05) is 16.8 Å². The van der Waals surface area contributed by atoms with Gasteiger partial charge in [-0.05, 0) is 37.3 Å². The van der Waals surface area contributed by atoms with Crippen molar-refractivity contribution in [1.82, 2.24) is 9.78 Å². The molecule has 0 saturated heterocycles. The van der Waals surface area contributed by atoms with Crippen molar-refractivity contribution < 1.29 is 14.3 Å². The van der Waals surface area contributed by atoms with Crippen molar-refractivity contribution in [3.8, 4) is 5.69 Å². The van der Waals surface area contributed by atoms with Crippen LogP contribution < -0.4 is 5.32 Å². The summed E-state index contributed by atoms with van der Waals surface area (Å²) in [5, 5.41) is 7.60. The summed E-state index contributed by atoms with van der Waals surface area (Å²) in [7, 11) is 0. The van der Waals surface area contributed by atoms with Crippen LogP contribution >= 0.6 is 23.2 Å². The molecule has 2 aromatic carbocycles. The Kier molecular flexibility index (Phi) is 6.34. The molecule has 6 nitrogen and oxygen atoms in total. The van der Waals surface area contributed by atoms with Crippen LogP contribution in [0.3, 0.4) is 0 Å². The second kappa shape index (κ2) is 8.91. The van der Waals surface area contributed by atoms with Crippen LogP contribution in [-0.2, 0) is 20.7 Å². The van der Waals surface area contributed by atoms with Crippen LogP contribution in [0.15, 0.2) is 60.9 Å². The molecule has 3 rings (SSSR count). The minimum atomic E-state index is -0.983. The van der Waals surface area contributed by atoms with E-state index >= 15 is 0 Å². The summed E-state index contributed by atoms with van der Waals surface area (Å²) in [4.78, 5) is 24.4. The monoisotopic (exact) mass is 417 g/mol. The van der Waals surface area contributed by atoms with E-state index in [0.717, 1.165) is 5.69 Å². The number of nitrogens with one attached hydrogen (secondary N) is 1. The summed E-state index contributed by atoms with van der Waals surface area (Å²) in [5.74, 6) is -1.02. The van der Waals surface area contributed by atoms with Crippen molar-refractivity contribution in [2.24, 2.45) is 0 Å². The lowest BCUT2D eigenvalue weighted by Gasteiger charge is -2.14. The maximum atomic E-state index is 12.2. The zero-order valence-corrected chi connectivity index (χ0v) is 16.4. The molecule has 1 atom stereocenters. The molecule has 3 aromatic rings. The number of ether oxygens (including phenoxy) is 1. The molecule has 8 heteroatoms. The lowest BCUT2D eigenvalue weighted by molar-refractivity contribution is -0.152. The molecule has 144 valence electrons. The fourth-order valence-electron chi connectivity index (χ4n) is 2.46. The summed E-state index contributed by atoms with van der Waals surface area (Å²) >= 11 is 11.9. The molecule has 0 bridgehead atoms. The molecule has 1 aromatic heterocycles. The number of carbonyl (C=O) groups excluding carboxylic acids is 2. The molecule has 0 saturated carbocycles. The van der Waals surface area contributed by atoms with Crippen LogP contribution in [0.1, 0.15) is 12.5 Å². The van der Waals surface area contributed by atoms with E-state index in [4.69, 9.17) is 27.9 Å². The molecule has 1 heterocycles. The second-order valence-electron chi connectivity index (χ2n) is 6.05. The highest BCUT2D eigenvalue weighted by Gasteiger charge is 2.19. The van der Waals surface area contributed by atoms with Gasteiger partial charge in [0.2, 0.25) is 0 Å². The van der Waals surface area contributed by atoms with Crippen molar-refractivity contribution in [1.29, 1.82) is 0 Å². The lowest BCUT2D eigenvalue weighted by atomic mass is 10.2. The van der Waals surface area contributed by atoms with Gasteiger partial charge in [-0.25, -0.2) is 4.68 Å². The maximum Gasteiger partial charge on any atom is 0.311 e. The number of hydrogen-bond acceptors (Lipinski definition) is 4. The van der Waals surface area contributed by atoms with Crippen molar-refractivity contribution in [3.05, 3.63) is 76.5 Å². The van der Waals surface area contributed by atoms with E-state index in [0.29, 0.717) is 21.3 Å². The number of nitrogens with zero attached hydrogens (tertiary/aromatic N) is 2. The van der Waals surface area contributed by atoms with Crippen LogP contribution in [0.2, 0.25) is 10.0 Å². The van der Waals surface area contributed by atoms with E-state index < -0.39 is 18.0 Å². The number of halogens is 2. The van der Waals surface area contributed by atoms with Gasteiger partial charge in [-0.15, -0.1) is 0 Å². The van der Waals surface area contributed by atoms with Gasteiger partial charge >= 0.3 is 5.97 Å². The largest absolute Gasteiger partial charge is 0.452 e. The Labute approximate surface area is 172 Å². The van der Waals surface area contributed by atoms with E-state index in [2.05, 4.69) is 10.4 Å². The predicted octanol–water partition coefficient (Wildman–Crippen LogP) is 4.29. The normalized spacial score (nSPS) is 11.7. The van der Waals surface area contributed by atoms with Gasteiger partial charge in [0.15, 0.2) is 6.10 Å². The summed E-state index contributed by atoms with van der Waals surface area (Å²) < 4.78 is 6.88. The quantitative estimate of drug-likeness (QED) is 0.606. The average molecular weight is 418 g/mol. The van der Waals surface area contributed by atoms with Gasteiger partial charge in [-0.2, -0.15) is 5.10 Å². The van der Waals surface area contributed by atoms with Crippen molar-refractivity contribution in [2.45, 2.75) is 19.4 Å². The van der Waals surface area contributed by atoms with E-state index in [1.165, 1.54) is 13.0 Å². The number of aromatic nitrogens is 2. The minimum absolute atomic E-state index is 0.00611. The van der Waals surface area contributed by atoms with Crippen LogP contribution in [0.25, 0.3) is 5.69 Å². The molecule has 28 heavy (non-hydrogen) atoms. The number of hydrogen-bond donors (Lipinski definition) is 1. The topological polar surface area (TPSA) is 73.2 Å². The van der Waals surface area contributed by atoms with Crippen molar-refractivity contribution >= 4 is 40.8 Å². The van der Waals surface area contributed by atoms with Crippen LogP contribution in [0.5, 0.6) is 0 Å². The van der Waals surface area contributed by atoms with E-state index in [-0.39, 0.29) is 6.42 Å². The Morgan fingerprint density at radius 2 is 1.93 bits per heavy atom. The van der Waals surface area contributed by atoms with Crippen molar-refractivity contribution in [3.63, 3.8) is 0 Å². The third-order valence-corrected chi connectivity index (χ3v) is 4.42. The Hall–Kier alpha value is -2.83. The molecule has 0 aliphatic carbocycles. The molecule has 1 unspecified atom stereocenters. The first kappa shape index (κ1) is 19.9. The molecule has 1 N–H and O–H groups in total. The first-order valence-electron chi connectivity index (χ1n) is 8.47. The number of rotatable bonds is 6. The highest BCUT2D eigenvalue weighted by molar-refractivity contribution is 6.36. The van der Waals surface area contributed by atoms with Gasteiger partial charge in [-0.3, -0.25) is 9.59 Å². The van der Waals surface area contributed by atoms with Crippen LogP contribution in [-0.4, -0.2) is 27.8 Å². The summed E-state index contributed by atoms with van der Waals surface area (Å²) in [6.07, 6.45) is 2.36. The Morgan fingerprint density at radius 3 is 2.64 bits per heavy atom. The lowest BCUT2D eigenvalue weighted by Crippen LogP contribution is -2.30. The van der Waals surface area contributed by atoms with Gasteiger partial charge < -0.3 is 10.1 Å². The summed E-state index contributed by atoms with van der Waals surface area (Å²) in [5.41, 5.74) is 1.96. The SMILES string of the molecule is CC(OC(=O)Cc1cnn(-c2ccccc2)c1)C(=O)Nc1ccc(Cl)cc1Cl. The smallest absolute Gasteiger partial charge is 0.311 e. The maximum absolute atomic E-state index is 12.2. The third-order valence-electron chi connectivity index (χ3n) is 3.87. The Bertz CT molecular complexity index is 989. The molecule has 0 spiro atoms. The fourth-order valence-corrected chi connectivity index (χ4v) is 2.91. The van der Waals surface area contributed by atoms with E-state index in [1.807, 2.05) is 30.3 Å². The molecule has 0 radical (unpaired) electrons. The third kappa shape index (κ3) is 5.12. The summed E-state index contributed by atoms with van der Waals surface area (Å²) in [6, 6.07) is 14.2. The molecule has 0 fully saturated rings. The molecule has 0 aliphatic heterocycles. The van der Waals surface area contributed by atoms with E-state index in [1.54, 1.807) is 29.2 Å². The fraction of sp³-hybridized carbons (Fsp3) is 0.150. The molecule has 0 aliphatic rings. The highest BCUT2D eigenvalue weighted by Crippen LogP contribution is 2.25. The summed E-state index contributed by atoms with van der Waals surface area (Å²) in [6.45, 7) is 1.49. The number of esters is 1. The number of carbonyl (C=O) groups is 2. The number of amides is 1. The number of anilines is 1. The van der Waals surface area contributed by atoms with Gasteiger partial charge in [-0.1, -0.05) is 41.4 Å². The Morgan fingerprint density at radius 1 is 1.18 bits per heavy atom. The zero-order valence-electron chi connectivity index (χ0n) is 14.9. The first-order chi connectivity index (χ1) is 13.4. The second-order valence-corrected chi connectivity index (χ2v) is 6.89. The van der Waals surface area contributed by atoms with E-state index in [9.17, 15) is 9.59 Å². The minimum Gasteiger partial charge on any atom is -0.452 e. The molecule has 1 amide bonds. The zero-order chi connectivity index (χ0) is 20.1. The standard InChI is InChI=1S/C20H17Cl2N3O3/c1-13(20(27)24-18-8-7-15(21)10-17(18)22)28-19(26)9-14-11-23-25(12-14)16-5-3-2-4-6-16/h2-8,10-13H,9H2,1H3,(H,24,27). The molecular weight excluding hydrogens is 401 g/mol. The van der Waals surface area contributed by atoms with Gasteiger partial charge in [0.05, 0.1) is 29.0 Å². The van der Waals surface area contributed by atoms with Crippen molar-refractivity contribution in [2.75, 3.05) is 5.32 Å². The number of benzene rings is 2. The average Bonchev–Trinajstić information content (AvgIpc) is 3.13. The highest BCUT2D eigenvalue weighted by atomic mass is 35.5. The van der Waals surface area contributed by atoms with Gasteiger partial charge in [0.1, 0.15) is 0 Å². The van der Waals surface area contributed by atoms with Gasteiger partial charge in [0.25, 0.3) is 5.91 Å². The first-order valence-corrected chi connectivity index (χ1v) is 9.22. The van der Waals surface area contributed by atoms with Crippen LogP contribution in [0.4, 0.5) is 5.69 Å². The molecular formula is C20H17Cl2N3O3.